The molecule has 26 heavy (non-hydrogen) atoms. The second kappa shape index (κ2) is 7.67. The van der Waals surface area contributed by atoms with Crippen molar-refractivity contribution in [3.63, 3.8) is 0 Å². The highest BCUT2D eigenvalue weighted by molar-refractivity contribution is 6.34. The lowest BCUT2D eigenvalue weighted by atomic mass is 9.93. The summed E-state index contributed by atoms with van der Waals surface area (Å²) >= 11 is 12.8. The number of nitrogens with zero attached hydrogens (tertiary/aromatic N) is 1. The molecule has 0 fully saturated rings. The zero-order valence-electron chi connectivity index (χ0n) is 14.0. The van der Waals surface area contributed by atoms with Gasteiger partial charge in [0.25, 0.3) is 0 Å². The van der Waals surface area contributed by atoms with E-state index in [9.17, 15) is 0 Å². The number of halogens is 3. The van der Waals surface area contributed by atoms with E-state index in [0.717, 1.165) is 43.9 Å². The van der Waals surface area contributed by atoms with Crippen LogP contribution in [0.15, 0.2) is 72.8 Å². The van der Waals surface area contributed by atoms with Gasteiger partial charge in [0.05, 0.1) is 11.2 Å². The molecule has 4 heteroatoms. The van der Waals surface area contributed by atoms with Gasteiger partial charge in [-0.15, -0.1) is 12.4 Å². The zero-order chi connectivity index (χ0) is 17.4. The standard InChI is InChI=1S/C22H15Cl2N.ClH/c1-14-21(17-9-5-6-10-19(17)24)18-13-16(23)11-12-20(18)25-22(14)15-7-3-2-4-8-15;/h2-13H,1H3;1H. The Morgan fingerprint density at radius 3 is 2.23 bits per heavy atom. The third-order valence-electron chi connectivity index (χ3n) is 4.38. The van der Waals surface area contributed by atoms with Crippen LogP contribution < -0.4 is 0 Å². The maximum absolute atomic E-state index is 6.52. The maximum Gasteiger partial charge on any atom is 0.0745 e. The molecule has 0 radical (unpaired) electrons. The lowest BCUT2D eigenvalue weighted by Gasteiger charge is -2.16. The molecule has 1 heterocycles. The molecule has 0 N–H and O–H groups in total. The number of rotatable bonds is 2. The molecule has 0 saturated carbocycles. The van der Waals surface area contributed by atoms with Gasteiger partial charge in [0, 0.05) is 26.6 Å². The highest BCUT2D eigenvalue weighted by atomic mass is 35.5. The van der Waals surface area contributed by atoms with Gasteiger partial charge in [-0.1, -0.05) is 71.7 Å². The number of fused-ring (bicyclic) bond motifs is 1. The molecule has 1 nitrogen and oxygen atoms in total. The Morgan fingerprint density at radius 2 is 1.50 bits per heavy atom. The van der Waals surface area contributed by atoms with Gasteiger partial charge in [-0.05, 0) is 42.3 Å². The summed E-state index contributed by atoms with van der Waals surface area (Å²) in [6.07, 6.45) is 0. The van der Waals surface area contributed by atoms with E-state index in [1.165, 1.54) is 0 Å². The minimum absolute atomic E-state index is 0. The van der Waals surface area contributed by atoms with Gasteiger partial charge in [-0.3, -0.25) is 0 Å². The van der Waals surface area contributed by atoms with Crippen LogP contribution in [-0.2, 0) is 0 Å². The molecule has 1 aromatic heterocycles. The number of hydrogen-bond donors (Lipinski definition) is 0. The lowest BCUT2D eigenvalue weighted by Crippen LogP contribution is -1.96. The van der Waals surface area contributed by atoms with Crippen molar-refractivity contribution in [1.82, 2.24) is 4.98 Å². The van der Waals surface area contributed by atoms with E-state index in [1.54, 1.807) is 0 Å². The normalized spacial score (nSPS) is 10.6. The average Bonchev–Trinajstić information content (AvgIpc) is 2.63. The van der Waals surface area contributed by atoms with E-state index in [2.05, 4.69) is 19.1 Å². The van der Waals surface area contributed by atoms with Gasteiger partial charge in [-0.25, -0.2) is 4.98 Å². The van der Waals surface area contributed by atoms with Crippen molar-refractivity contribution in [2.45, 2.75) is 6.92 Å². The minimum atomic E-state index is 0. The fraction of sp³-hybridized carbons (Fsp3) is 0.0455. The molecule has 0 unspecified atom stereocenters. The summed E-state index contributed by atoms with van der Waals surface area (Å²) in [5.74, 6) is 0. The van der Waals surface area contributed by atoms with Crippen molar-refractivity contribution in [2.24, 2.45) is 0 Å². The van der Waals surface area contributed by atoms with Crippen LogP contribution >= 0.6 is 35.6 Å². The molecule has 0 aliphatic rings. The summed E-state index contributed by atoms with van der Waals surface area (Å²) in [5.41, 5.74) is 6.12. The zero-order valence-corrected chi connectivity index (χ0v) is 16.4. The number of aromatic nitrogens is 1. The largest absolute Gasteiger partial charge is 0.247 e. The molecular weight excluding hydrogens is 385 g/mol. The summed E-state index contributed by atoms with van der Waals surface area (Å²) in [5, 5.41) is 2.42. The molecule has 130 valence electrons. The SMILES string of the molecule is Cc1c(-c2ccccc2)nc2ccc(Cl)cc2c1-c1ccccc1Cl.Cl. The summed E-state index contributed by atoms with van der Waals surface area (Å²) in [6.45, 7) is 2.09. The first kappa shape index (κ1) is 18.7. The highest BCUT2D eigenvalue weighted by Gasteiger charge is 2.16. The molecule has 0 aliphatic carbocycles. The van der Waals surface area contributed by atoms with E-state index < -0.39 is 0 Å². The predicted octanol–water partition coefficient (Wildman–Crippen LogP) is 7.61. The van der Waals surface area contributed by atoms with E-state index in [0.29, 0.717) is 5.02 Å². The van der Waals surface area contributed by atoms with Crippen LogP contribution in [0.25, 0.3) is 33.3 Å². The summed E-state index contributed by atoms with van der Waals surface area (Å²) < 4.78 is 0. The van der Waals surface area contributed by atoms with Gasteiger partial charge in [0.1, 0.15) is 0 Å². The van der Waals surface area contributed by atoms with Crippen molar-refractivity contribution in [3.05, 3.63) is 88.4 Å². The molecule has 3 aromatic carbocycles. The van der Waals surface area contributed by atoms with E-state index in [4.69, 9.17) is 28.2 Å². The molecule has 4 aromatic rings. The van der Waals surface area contributed by atoms with Crippen LogP contribution in [-0.4, -0.2) is 4.98 Å². The minimum Gasteiger partial charge on any atom is -0.247 e. The van der Waals surface area contributed by atoms with Crippen molar-refractivity contribution < 1.29 is 0 Å². The first-order valence-corrected chi connectivity index (χ1v) is 8.81. The van der Waals surface area contributed by atoms with Gasteiger partial charge < -0.3 is 0 Å². The van der Waals surface area contributed by atoms with Gasteiger partial charge in [0.15, 0.2) is 0 Å². The van der Waals surface area contributed by atoms with Crippen molar-refractivity contribution in [1.29, 1.82) is 0 Å². The van der Waals surface area contributed by atoms with Gasteiger partial charge >= 0.3 is 0 Å². The van der Waals surface area contributed by atoms with Crippen LogP contribution in [0.1, 0.15) is 5.56 Å². The fourth-order valence-corrected chi connectivity index (χ4v) is 3.62. The van der Waals surface area contributed by atoms with Gasteiger partial charge in [-0.2, -0.15) is 0 Å². The Bertz CT molecular complexity index is 1080. The Morgan fingerprint density at radius 1 is 0.808 bits per heavy atom. The third kappa shape index (κ3) is 3.31. The Hall–Kier alpha value is -2.06. The molecular formula is C22H16Cl3N. The summed E-state index contributed by atoms with van der Waals surface area (Å²) in [4.78, 5) is 4.90. The number of pyridine rings is 1. The van der Waals surface area contributed by atoms with Crippen LogP contribution in [0, 0.1) is 6.92 Å². The summed E-state index contributed by atoms with van der Waals surface area (Å²) in [6, 6.07) is 23.9. The van der Waals surface area contributed by atoms with E-state index in [-0.39, 0.29) is 12.4 Å². The molecule has 4 rings (SSSR count). The first-order chi connectivity index (χ1) is 12.1. The Balaban J connectivity index is 0.00000196. The van der Waals surface area contributed by atoms with Crippen molar-refractivity contribution >= 4 is 46.5 Å². The molecule has 0 aliphatic heterocycles. The lowest BCUT2D eigenvalue weighted by molar-refractivity contribution is 1.33. The molecule has 0 bridgehead atoms. The van der Waals surface area contributed by atoms with E-state index >= 15 is 0 Å². The van der Waals surface area contributed by atoms with Gasteiger partial charge in [0.2, 0.25) is 0 Å². The van der Waals surface area contributed by atoms with Crippen LogP contribution in [0.2, 0.25) is 10.0 Å². The topological polar surface area (TPSA) is 12.9 Å². The van der Waals surface area contributed by atoms with Crippen molar-refractivity contribution in [3.8, 4) is 22.4 Å². The highest BCUT2D eigenvalue weighted by Crippen LogP contribution is 2.39. The summed E-state index contributed by atoms with van der Waals surface area (Å²) in [7, 11) is 0. The smallest absolute Gasteiger partial charge is 0.0745 e. The van der Waals surface area contributed by atoms with Crippen LogP contribution in [0.4, 0.5) is 0 Å². The van der Waals surface area contributed by atoms with Crippen LogP contribution in [0.3, 0.4) is 0 Å². The molecule has 0 spiro atoms. The predicted molar refractivity (Wildman–Crippen MR) is 115 cm³/mol. The molecule has 0 atom stereocenters. The monoisotopic (exact) mass is 399 g/mol. The maximum atomic E-state index is 6.52. The first-order valence-electron chi connectivity index (χ1n) is 8.05. The Kier molecular flexibility index (Phi) is 5.52. The quantitative estimate of drug-likeness (QED) is 0.337. The third-order valence-corrected chi connectivity index (χ3v) is 4.95. The second-order valence-corrected chi connectivity index (χ2v) is 6.81. The van der Waals surface area contributed by atoms with Crippen molar-refractivity contribution in [2.75, 3.05) is 0 Å². The Labute approximate surface area is 169 Å². The van der Waals surface area contributed by atoms with Crippen LogP contribution in [0.5, 0.6) is 0 Å². The molecule has 0 amide bonds. The molecule has 0 saturated heterocycles. The number of hydrogen-bond acceptors (Lipinski definition) is 1. The average molecular weight is 401 g/mol. The van der Waals surface area contributed by atoms with E-state index in [1.807, 2.05) is 60.7 Å². The second-order valence-electron chi connectivity index (χ2n) is 5.97. The number of benzene rings is 3. The fourth-order valence-electron chi connectivity index (χ4n) is 3.22.